The Bertz CT molecular complexity index is 238. The van der Waals surface area contributed by atoms with Crippen LogP contribution in [-0.4, -0.2) is 25.2 Å². The van der Waals surface area contributed by atoms with Gasteiger partial charge in [0, 0.05) is 12.8 Å². The Balaban J connectivity index is 3.34. The number of carbonyl (C=O) groups is 2. The van der Waals surface area contributed by atoms with E-state index in [1.165, 1.54) is 25.7 Å². The Hall–Kier alpha value is -1.06. The molecule has 0 atom stereocenters. The first-order chi connectivity index (χ1) is 10.2. The van der Waals surface area contributed by atoms with Crippen molar-refractivity contribution >= 4 is 11.9 Å². The largest absolute Gasteiger partial charge is 0.466 e. The van der Waals surface area contributed by atoms with Gasteiger partial charge in [-0.25, -0.2) is 0 Å². The minimum atomic E-state index is -0.206. The van der Waals surface area contributed by atoms with Gasteiger partial charge in [0.1, 0.15) is 0 Å². The molecule has 0 aromatic carbocycles. The molecule has 0 aliphatic rings. The number of esters is 2. The topological polar surface area (TPSA) is 52.6 Å². The summed E-state index contributed by atoms with van der Waals surface area (Å²) >= 11 is 0. The molecule has 124 valence electrons. The molecule has 0 aromatic rings. The number of rotatable bonds is 14. The van der Waals surface area contributed by atoms with Gasteiger partial charge in [0.2, 0.25) is 0 Å². The van der Waals surface area contributed by atoms with Crippen LogP contribution in [0.25, 0.3) is 0 Å². The molecule has 4 heteroatoms. The molecule has 0 N–H and O–H groups in total. The second-order valence-electron chi connectivity index (χ2n) is 5.42. The van der Waals surface area contributed by atoms with E-state index in [0.29, 0.717) is 32.5 Å². The van der Waals surface area contributed by atoms with Crippen LogP contribution in [0.5, 0.6) is 0 Å². The van der Waals surface area contributed by atoms with Crippen LogP contribution in [0.2, 0.25) is 0 Å². The molecule has 0 heterocycles. The molecule has 0 spiro atoms. The second-order valence-corrected chi connectivity index (χ2v) is 5.42. The second kappa shape index (κ2) is 15.3. The van der Waals surface area contributed by atoms with Gasteiger partial charge in [-0.05, 0) is 19.3 Å². The van der Waals surface area contributed by atoms with E-state index in [0.717, 1.165) is 25.7 Å². The maximum atomic E-state index is 11.4. The lowest BCUT2D eigenvalue weighted by molar-refractivity contribution is -0.145. The molecule has 0 fully saturated rings. The smallest absolute Gasteiger partial charge is 0.305 e. The predicted molar refractivity (Wildman–Crippen MR) is 84.1 cm³/mol. The van der Waals surface area contributed by atoms with Crippen LogP contribution >= 0.6 is 0 Å². The summed E-state index contributed by atoms with van der Waals surface area (Å²) in [5, 5.41) is 0. The minimum absolute atomic E-state index is 0.206. The Kier molecular flexibility index (Phi) is 14.6. The Morgan fingerprint density at radius 2 is 1.05 bits per heavy atom. The first-order valence-corrected chi connectivity index (χ1v) is 8.52. The molecule has 0 bridgehead atoms. The highest BCUT2D eigenvalue weighted by atomic mass is 16.5. The number of carbonyl (C=O) groups excluding carboxylic acids is 2. The van der Waals surface area contributed by atoms with E-state index in [4.69, 9.17) is 9.47 Å². The minimum Gasteiger partial charge on any atom is -0.466 e. The molecular formula is C17H32O4. The number of hydrogen-bond donors (Lipinski definition) is 0. The van der Waals surface area contributed by atoms with Gasteiger partial charge < -0.3 is 9.47 Å². The number of ether oxygens (including phenoxy) is 2. The molecule has 0 radical (unpaired) electrons. The van der Waals surface area contributed by atoms with Crippen LogP contribution in [0, 0.1) is 0 Å². The van der Waals surface area contributed by atoms with Gasteiger partial charge in [-0.1, -0.05) is 52.4 Å². The van der Waals surface area contributed by atoms with E-state index >= 15 is 0 Å². The van der Waals surface area contributed by atoms with Gasteiger partial charge in [0.05, 0.1) is 13.2 Å². The first kappa shape index (κ1) is 19.9. The normalized spacial score (nSPS) is 10.4. The van der Waals surface area contributed by atoms with Crippen molar-refractivity contribution < 1.29 is 19.1 Å². The average Bonchev–Trinajstić information content (AvgIpc) is 2.47. The van der Waals surface area contributed by atoms with Crippen molar-refractivity contribution in [2.75, 3.05) is 13.2 Å². The molecule has 0 aromatic heterocycles. The van der Waals surface area contributed by atoms with E-state index in [9.17, 15) is 9.59 Å². The van der Waals surface area contributed by atoms with Crippen molar-refractivity contribution in [3.05, 3.63) is 0 Å². The zero-order valence-corrected chi connectivity index (χ0v) is 13.8. The third-order valence-electron chi connectivity index (χ3n) is 3.28. The van der Waals surface area contributed by atoms with Gasteiger partial charge in [-0.2, -0.15) is 0 Å². The molecule has 0 rings (SSSR count). The molecule has 0 amide bonds. The van der Waals surface area contributed by atoms with E-state index in [-0.39, 0.29) is 11.9 Å². The van der Waals surface area contributed by atoms with Crippen LogP contribution in [-0.2, 0) is 19.1 Å². The van der Waals surface area contributed by atoms with Crippen molar-refractivity contribution in [3.63, 3.8) is 0 Å². The third-order valence-corrected chi connectivity index (χ3v) is 3.28. The fourth-order valence-corrected chi connectivity index (χ4v) is 1.95. The summed E-state index contributed by atoms with van der Waals surface area (Å²) in [6.07, 6.45) is 9.91. The van der Waals surface area contributed by atoms with Crippen LogP contribution in [0.15, 0.2) is 0 Å². The summed E-state index contributed by atoms with van der Waals surface area (Å²) in [4.78, 5) is 22.8. The van der Waals surface area contributed by atoms with Gasteiger partial charge in [0.15, 0.2) is 0 Å². The molecule has 0 aliphatic heterocycles. The summed E-state index contributed by atoms with van der Waals surface area (Å²) in [6.45, 7) is 5.30. The van der Waals surface area contributed by atoms with E-state index in [1.54, 1.807) is 0 Å². The van der Waals surface area contributed by atoms with Gasteiger partial charge in [-0.3, -0.25) is 9.59 Å². The predicted octanol–water partition coefficient (Wildman–Crippen LogP) is 4.40. The molecular weight excluding hydrogens is 268 g/mol. The molecule has 4 nitrogen and oxygen atoms in total. The lowest BCUT2D eigenvalue weighted by Gasteiger charge is -2.05. The maximum Gasteiger partial charge on any atom is 0.305 e. The Morgan fingerprint density at radius 3 is 1.43 bits per heavy atom. The van der Waals surface area contributed by atoms with Gasteiger partial charge >= 0.3 is 11.9 Å². The highest BCUT2D eigenvalue weighted by molar-refractivity contribution is 5.72. The summed E-state index contributed by atoms with van der Waals surface area (Å²) < 4.78 is 10.2. The molecule has 0 saturated heterocycles. The van der Waals surface area contributed by atoms with Crippen molar-refractivity contribution in [3.8, 4) is 0 Å². The third kappa shape index (κ3) is 15.2. The van der Waals surface area contributed by atoms with E-state index in [2.05, 4.69) is 13.8 Å². The number of unbranched alkanes of at least 4 members (excludes halogenated alkanes) is 6. The fourth-order valence-electron chi connectivity index (χ4n) is 1.95. The SMILES string of the molecule is CCCCCCOC(=O)CCCC(=O)OCCCCCC. The Labute approximate surface area is 129 Å². The summed E-state index contributed by atoms with van der Waals surface area (Å²) in [7, 11) is 0. The standard InChI is InChI=1S/C17H32O4/c1-3-5-7-9-14-20-16(18)12-11-13-17(19)21-15-10-8-6-4-2/h3-15H2,1-2H3. The molecule has 0 aliphatic carbocycles. The van der Waals surface area contributed by atoms with E-state index in [1.807, 2.05) is 0 Å². The molecule has 0 unspecified atom stereocenters. The summed E-state index contributed by atoms with van der Waals surface area (Å²) in [5.41, 5.74) is 0. The summed E-state index contributed by atoms with van der Waals surface area (Å²) in [5.74, 6) is -0.413. The van der Waals surface area contributed by atoms with Crippen molar-refractivity contribution in [1.82, 2.24) is 0 Å². The summed E-state index contributed by atoms with van der Waals surface area (Å²) in [6, 6.07) is 0. The maximum absolute atomic E-state index is 11.4. The van der Waals surface area contributed by atoms with Crippen LogP contribution in [0.3, 0.4) is 0 Å². The lowest BCUT2D eigenvalue weighted by atomic mass is 10.2. The van der Waals surface area contributed by atoms with Gasteiger partial charge in [0.25, 0.3) is 0 Å². The van der Waals surface area contributed by atoms with Crippen LogP contribution < -0.4 is 0 Å². The quantitative estimate of drug-likeness (QED) is 0.352. The van der Waals surface area contributed by atoms with Crippen LogP contribution in [0.4, 0.5) is 0 Å². The van der Waals surface area contributed by atoms with Crippen molar-refractivity contribution in [1.29, 1.82) is 0 Å². The monoisotopic (exact) mass is 300 g/mol. The fraction of sp³-hybridized carbons (Fsp3) is 0.882. The Morgan fingerprint density at radius 1 is 0.619 bits per heavy atom. The highest BCUT2D eigenvalue weighted by Gasteiger charge is 2.07. The zero-order chi connectivity index (χ0) is 15.8. The van der Waals surface area contributed by atoms with Crippen LogP contribution in [0.1, 0.15) is 84.5 Å². The molecule has 21 heavy (non-hydrogen) atoms. The van der Waals surface area contributed by atoms with Crippen molar-refractivity contribution in [2.45, 2.75) is 84.5 Å². The lowest BCUT2D eigenvalue weighted by Crippen LogP contribution is -2.09. The molecule has 0 saturated carbocycles. The van der Waals surface area contributed by atoms with Gasteiger partial charge in [-0.15, -0.1) is 0 Å². The highest BCUT2D eigenvalue weighted by Crippen LogP contribution is 2.04. The van der Waals surface area contributed by atoms with Crippen molar-refractivity contribution in [2.24, 2.45) is 0 Å². The van der Waals surface area contributed by atoms with E-state index < -0.39 is 0 Å². The average molecular weight is 300 g/mol. The first-order valence-electron chi connectivity index (χ1n) is 8.52. The number of hydrogen-bond acceptors (Lipinski definition) is 4. The zero-order valence-electron chi connectivity index (χ0n) is 13.8.